The van der Waals surface area contributed by atoms with E-state index in [0.29, 0.717) is 11.7 Å². The molecule has 1 atom stereocenters. The minimum Gasteiger partial charge on any atom is -0.497 e. The summed E-state index contributed by atoms with van der Waals surface area (Å²) in [6.45, 7) is 3.12. The first-order valence-corrected chi connectivity index (χ1v) is 11.3. The molecule has 0 radical (unpaired) electrons. The number of rotatable bonds is 8. The molecule has 1 unspecified atom stereocenters. The first-order valence-electron chi connectivity index (χ1n) is 9.45. The number of amides is 1. The molecular weight excluding hydrogens is 396 g/mol. The lowest BCUT2D eigenvalue weighted by Gasteiger charge is -2.25. The molecule has 2 aromatic rings. The maximum absolute atomic E-state index is 12.5. The van der Waals surface area contributed by atoms with Gasteiger partial charge in [-0.15, -0.1) is 10.2 Å². The summed E-state index contributed by atoms with van der Waals surface area (Å²) < 4.78 is 11.4. The third kappa shape index (κ3) is 4.95. The number of hydrogen-bond acceptors (Lipinski definition) is 8. The molecule has 1 aliphatic carbocycles. The molecule has 0 bridgehead atoms. The van der Waals surface area contributed by atoms with Crippen molar-refractivity contribution in [1.82, 2.24) is 15.5 Å². The molecule has 1 aromatic heterocycles. The maximum Gasteiger partial charge on any atom is 0.230 e. The van der Waals surface area contributed by atoms with Gasteiger partial charge in [0, 0.05) is 13.1 Å². The highest BCUT2D eigenvalue weighted by atomic mass is 32.2. The Morgan fingerprint density at radius 1 is 1.32 bits per heavy atom. The van der Waals surface area contributed by atoms with Crippen LogP contribution in [0.15, 0.2) is 28.6 Å². The summed E-state index contributed by atoms with van der Waals surface area (Å²) >= 11 is 2.98. The number of morpholine rings is 1. The Morgan fingerprint density at radius 3 is 2.75 bits per heavy atom. The number of benzene rings is 1. The lowest BCUT2D eigenvalue weighted by atomic mass is 10.0. The van der Waals surface area contributed by atoms with Crippen molar-refractivity contribution < 1.29 is 14.3 Å². The lowest BCUT2D eigenvalue weighted by molar-refractivity contribution is -0.119. The van der Waals surface area contributed by atoms with Crippen molar-refractivity contribution in [3.63, 3.8) is 0 Å². The van der Waals surface area contributed by atoms with Crippen LogP contribution in [0.5, 0.6) is 5.75 Å². The van der Waals surface area contributed by atoms with E-state index in [1.165, 1.54) is 23.1 Å². The van der Waals surface area contributed by atoms with E-state index >= 15 is 0 Å². The number of ether oxygens (including phenoxy) is 2. The molecule has 1 aromatic carbocycles. The minimum absolute atomic E-state index is 0.0286. The molecule has 7 nitrogen and oxygen atoms in total. The van der Waals surface area contributed by atoms with Crippen molar-refractivity contribution in [3.05, 3.63) is 29.8 Å². The van der Waals surface area contributed by atoms with E-state index in [0.717, 1.165) is 59.9 Å². The zero-order chi connectivity index (χ0) is 19.3. The average Bonchev–Trinajstić information content (AvgIpc) is 3.48. The SMILES string of the molecule is COc1ccc(C(NC(=O)CSc2nnc(N3CCOCC3)s2)C2CC2)cc1. The average molecular weight is 421 g/mol. The highest BCUT2D eigenvalue weighted by Gasteiger charge is 2.33. The van der Waals surface area contributed by atoms with Gasteiger partial charge in [-0.25, -0.2) is 0 Å². The Hall–Kier alpha value is -1.84. The van der Waals surface area contributed by atoms with Gasteiger partial charge in [-0.1, -0.05) is 35.2 Å². The van der Waals surface area contributed by atoms with E-state index < -0.39 is 0 Å². The number of thioether (sulfide) groups is 1. The Morgan fingerprint density at radius 2 is 2.07 bits per heavy atom. The van der Waals surface area contributed by atoms with Crippen molar-refractivity contribution in [2.45, 2.75) is 23.2 Å². The van der Waals surface area contributed by atoms with Crippen LogP contribution in [-0.4, -0.2) is 55.3 Å². The van der Waals surface area contributed by atoms with Crippen LogP contribution in [0.4, 0.5) is 5.13 Å². The van der Waals surface area contributed by atoms with Crippen molar-refractivity contribution in [2.24, 2.45) is 5.92 Å². The monoisotopic (exact) mass is 420 g/mol. The zero-order valence-corrected chi connectivity index (χ0v) is 17.4. The van der Waals surface area contributed by atoms with Crippen LogP contribution in [0, 0.1) is 5.92 Å². The van der Waals surface area contributed by atoms with Crippen LogP contribution in [-0.2, 0) is 9.53 Å². The summed E-state index contributed by atoms with van der Waals surface area (Å²) in [5.41, 5.74) is 1.13. The van der Waals surface area contributed by atoms with Crippen molar-refractivity contribution >= 4 is 34.1 Å². The van der Waals surface area contributed by atoms with Crippen LogP contribution in [0.2, 0.25) is 0 Å². The van der Waals surface area contributed by atoms with E-state index in [1.54, 1.807) is 7.11 Å². The van der Waals surface area contributed by atoms with Gasteiger partial charge in [-0.3, -0.25) is 4.79 Å². The van der Waals surface area contributed by atoms with E-state index in [1.807, 2.05) is 24.3 Å². The predicted molar refractivity (Wildman–Crippen MR) is 110 cm³/mol. The van der Waals surface area contributed by atoms with Gasteiger partial charge in [0.05, 0.1) is 32.1 Å². The van der Waals surface area contributed by atoms with Crippen LogP contribution < -0.4 is 15.0 Å². The molecular formula is C19H24N4O3S2. The molecule has 1 N–H and O–H groups in total. The zero-order valence-electron chi connectivity index (χ0n) is 15.8. The molecule has 2 aliphatic rings. The number of aromatic nitrogens is 2. The van der Waals surface area contributed by atoms with Gasteiger partial charge in [-0.05, 0) is 36.5 Å². The quantitative estimate of drug-likeness (QED) is 0.658. The van der Waals surface area contributed by atoms with Gasteiger partial charge in [-0.2, -0.15) is 0 Å². The molecule has 1 saturated carbocycles. The highest BCUT2D eigenvalue weighted by molar-refractivity contribution is 8.01. The molecule has 1 aliphatic heterocycles. The topological polar surface area (TPSA) is 76.6 Å². The largest absolute Gasteiger partial charge is 0.497 e. The summed E-state index contributed by atoms with van der Waals surface area (Å²) in [4.78, 5) is 14.7. The summed E-state index contributed by atoms with van der Waals surface area (Å²) in [6, 6.07) is 8.03. The number of nitrogens with one attached hydrogen (secondary N) is 1. The molecule has 150 valence electrons. The minimum atomic E-state index is 0.0286. The second kappa shape index (κ2) is 9.11. The molecule has 9 heteroatoms. The molecule has 1 amide bonds. The standard InChI is InChI=1S/C19H24N4O3S2/c1-25-15-6-4-14(5-7-15)17(13-2-3-13)20-16(24)12-27-19-22-21-18(28-19)23-8-10-26-11-9-23/h4-7,13,17H,2-3,8-12H2,1H3,(H,20,24). The number of carbonyl (C=O) groups excluding carboxylic acids is 1. The third-order valence-corrected chi connectivity index (χ3v) is 7.01. The second-order valence-electron chi connectivity index (χ2n) is 6.89. The van der Waals surface area contributed by atoms with Crippen LogP contribution in [0.25, 0.3) is 0 Å². The van der Waals surface area contributed by atoms with Crippen molar-refractivity contribution in [3.8, 4) is 5.75 Å². The molecule has 0 spiro atoms. The Labute approximate surface area is 172 Å². The summed E-state index contributed by atoms with van der Waals surface area (Å²) in [5, 5.41) is 12.6. The number of anilines is 1. The van der Waals surface area contributed by atoms with Gasteiger partial charge in [0.15, 0.2) is 4.34 Å². The summed E-state index contributed by atoms with van der Waals surface area (Å²) in [7, 11) is 1.66. The number of methoxy groups -OCH3 is 1. The van der Waals surface area contributed by atoms with Crippen LogP contribution >= 0.6 is 23.1 Å². The van der Waals surface area contributed by atoms with Crippen molar-refractivity contribution in [2.75, 3.05) is 44.1 Å². The first-order chi connectivity index (χ1) is 13.7. The summed E-state index contributed by atoms with van der Waals surface area (Å²) in [5.74, 6) is 1.72. The number of carbonyl (C=O) groups is 1. The molecule has 28 heavy (non-hydrogen) atoms. The van der Waals surface area contributed by atoms with E-state index in [4.69, 9.17) is 9.47 Å². The van der Waals surface area contributed by atoms with Crippen molar-refractivity contribution in [1.29, 1.82) is 0 Å². The van der Waals surface area contributed by atoms with Crippen LogP contribution in [0.1, 0.15) is 24.4 Å². The van der Waals surface area contributed by atoms with Gasteiger partial charge in [0.2, 0.25) is 11.0 Å². The van der Waals surface area contributed by atoms with Gasteiger partial charge < -0.3 is 19.7 Å². The fourth-order valence-corrected chi connectivity index (χ4v) is 4.90. The Balaban J connectivity index is 1.31. The fourth-order valence-electron chi connectivity index (χ4n) is 3.20. The fraction of sp³-hybridized carbons (Fsp3) is 0.526. The molecule has 2 fully saturated rings. The van der Waals surface area contributed by atoms with E-state index in [2.05, 4.69) is 20.4 Å². The van der Waals surface area contributed by atoms with Crippen LogP contribution in [0.3, 0.4) is 0 Å². The van der Waals surface area contributed by atoms with E-state index in [-0.39, 0.29) is 11.9 Å². The second-order valence-corrected chi connectivity index (χ2v) is 9.07. The molecule has 4 rings (SSSR count). The molecule has 2 heterocycles. The smallest absolute Gasteiger partial charge is 0.230 e. The Kier molecular flexibility index (Phi) is 6.33. The van der Waals surface area contributed by atoms with E-state index in [9.17, 15) is 4.79 Å². The van der Waals surface area contributed by atoms with Gasteiger partial charge in [0.1, 0.15) is 5.75 Å². The summed E-state index contributed by atoms with van der Waals surface area (Å²) in [6.07, 6.45) is 2.31. The molecule has 1 saturated heterocycles. The first kappa shape index (κ1) is 19.5. The Bertz CT molecular complexity index is 789. The number of hydrogen-bond donors (Lipinski definition) is 1. The normalized spacial score (nSPS) is 18.0. The van der Waals surface area contributed by atoms with Gasteiger partial charge >= 0.3 is 0 Å². The van der Waals surface area contributed by atoms with Gasteiger partial charge in [0.25, 0.3) is 0 Å². The lowest BCUT2D eigenvalue weighted by Crippen LogP contribution is -2.36. The predicted octanol–water partition coefficient (Wildman–Crippen LogP) is 2.74. The third-order valence-electron chi connectivity index (χ3n) is 4.89. The highest BCUT2D eigenvalue weighted by Crippen LogP contribution is 2.41. The maximum atomic E-state index is 12.5. The number of nitrogens with zero attached hydrogens (tertiary/aromatic N) is 3.